The molecule has 0 spiro atoms. The van der Waals surface area contributed by atoms with Gasteiger partial charge in [0.25, 0.3) is 0 Å². The van der Waals surface area contributed by atoms with E-state index in [0.29, 0.717) is 5.75 Å². The number of nitrogens with one attached hydrogen (secondary N) is 2. The second-order valence-electron chi connectivity index (χ2n) is 6.77. The number of aromatic nitrogens is 2. The lowest BCUT2D eigenvalue weighted by Crippen LogP contribution is -2.36. The number of fused-ring (bicyclic) bond motifs is 1. The van der Waals surface area contributed by atoms with Gasteiger partial charge in [-0.15, -0.1) is 10.2 Å². The van der Waals surface area contributed by atoms with E-state index in [-0.39, 0.29) is 11.9 Å². The van der Waals surface area contributed by atoms with Crippen LogP contribution in [0.3, 0.4) is 0 Å². The van der Waals surface area contributed by atoms with Gasteiger partial charge < -0.3 is 10.6 Å². The van der Waals surface area contributed by atoms with Crippen LogP contribution in [0.15, 0.2) is 58.9 Å². The SMILES string of the molecule is O=C(CSc1nnc(NCCc2ccccc2)s1)NC1Cc2ccccc2C1. The second-order valence-corrected chi connectivity index (χ2v) is 8.97. The van der Waals surface area contributed by atoms with E-state index in [0.717, 1.165) is 35.3 Å². The third kappa shape index (κ3) is 5.11. The van der Waals surface area contributed by atoms with Crippen LogP contribution in [0, 0.1) is 0 Å². The fraction of sp³-hybridized carbons (Fsp3) is 0.286. The largest absolute Gasteiger partial charge is 0.360 e. The zero-order valence-electron chi connectivity index (χ0n) is 15.4. The van der Waals surface area contributed by atoms with E-state index < -0.39 is 0 Å². The first kappa shape index (κ1) is 19.0. The Morgan fingerprint density at radius 1 is 1.04 bits per heavy atom. The molecule has 0 radical (unpaired) electrons. The average Bonchev–Trinajstić information content (AvgIpc) is 3.33. The van der Waals surface area contributed by atoms with Gasteiger partial charge in [-0.2, -0.15) is 0 Å². The highest BCUT2D eigenvalue weighted by atomic mass is 32.2. The second kappa shape index (κ2) is 9.21. The molecule has 1 aromatic heterocycles. The molecule has 1 heterocycles. The highest BCUT2D eigenvalue weighted by Gasteiger charge is 2.22. The molecular formula is C21H22N4OS2. The van der Waals surface area contributed by atoms with Gasteiger partial charge in [-0.1, -0.05) is 77.7 Å². The minimum absolute atomic E-state index is 0.0524. The lowest BCUT2D eigenvalue weighted by Gasteiger charge is -2.11. The van der Waals surface area contributed by atoms with Crippen molar-refractivity contribution in [2.24, 2.45) is 0 Å². The lowest BCUT2D eigenvalue weighted by atomic mass is 10.1. The van der Waals surface area contributed by atoms with Crippen LogP contribution in [0.1, 0.15) is 16.7 Å². The van der Waals surface area contributed by atoms with Gasteiger partial charge in [0.15, 0.2) is 4.34 Å². The summed E-state index contributed by atoms with van der Waals surface area (Å²) in [5.74, 6) is 0.419. The fourth-order valence-electron chi connectivity index (χ4n) is 3.36. The fourth-order valence-corrected chi connectivity index (χ4v) is 4.94. The van der Waals surface area contributed by atoms with Gasteiger partial charge in [-0.05, 0) is 36.0 Å². The molecule has 1 aliphatic rings. The Kier molecular flexibility index (Phi) is 6.24. The molecule has 0 aliphatic heterocycles. The van der Waals surface area contributed by atoms with Crippen LogP contribution in [0.5, 0.6) is 0 Å². The Bertz CT molecular complexity index is 904. The molecule has 0 saturated heterocycles. The number of benzene rings is 2. The number of nitrogens with zero attached hydrogens (tertiary/aromatic N) is 2. The van der Waals surface area contributed by atoms with E-state index in [1.165, 1.54) is 39.8 Å². The van der Waals surface area contributed by atoms with Crippen molar-refractivity contribution in [3.8, 4) is 0 Å². The maximum Gasteiger partial charge on any atom is 0.230 e. The molecule has 5 nitrogen and oxygen atoms in total. The van der Waals surface area contributed by atoms with Crippen LogP contribution in [0.4, 0.5) is 5.13 Å². The summed E-state index contributed by atoms with van der Waals surface area (Å²) in [6.45, 7) is 0.812. The van der Waals surface area contributed by atoms with E-state index in [2.05, 4.69) is 57.2 Å². The number of hydrogen-bond acceptors (Lipinski definition) is 6. The van der Waals surface area contributed by atoms with Crippen LogP contribution in [-0.4, -0.2) is 34.4 Å². The summed E-state index contributed by atoms with van der Waals surface area (Å²) < 4.78 is 0.812. The molecule has 28 heavy (non-hydrogen) atoms. The number of hydrogen-bond donors (Lipinski definition) is 2. The number of carbonyl (C=O) groups excluding carboxylic acids is 1. The van der Waals surface area contributed by atoms with Crippen LogP contribution >= 0.6 is 23.1 Å². The van der Waals surface area contributed by atoms with Crippen LogP contribution in [-0.2, 0) is 24.1 Å². The summed E-state index contributed by atoms with van der Waals surface area (Å²) in [5.41, 5.74) is 3.98. The van der Waals surface area contributed by atoms with Crippen molar-refractivity contribution in [1.29, 1.82) is 0 Å². The van der Waals surface area contributed by atoms with E-state index in [4.69, 9.17) is 0 Å². The third-order valence-electron chi connectivity index (χ3n) is 4.68. The van der Waals surface area contributed by atoms with E-state index in [1.54, 1.807) is 0 Å². The normalized spacial score (nSPS) is 13.3. The van der Waals surface area contributed by atoms with E-state index in [1.807, 2.05) is 18.2 Å². The number of carbonyl (C=O) groups is 1. The summed E-state index contributed by atoms with van der Waals surface area (Å²) in [6, 6.07) is 18.9. The smallest absolute Gasteiger partial charge is 0.230 e. The van der Waals surface area contributed by atoms with Gasteiger partial charge in [0.2, 0.25) is 11.0 Å². The van der Waals surface area contributed by atoms with Crippen molar-refractivity contribution >= 4 is 34.1 Å². The summed E-state index contributed by atoms with van der Waals surface area (Å²) in [5, 5.41) is 15.6. The lowest BCUT2D eigenvalue weighted by molar-refractivity contribution is -0.119. The van der Waals surface area contributed by atoms with Crippen LogP contribution < -0.4 is 10.6 Å². The first-order valence-electron chi connectivity index (χ1n) is 9.36. The maximum atomic E-state index is 12.3. The van der Waals surface area contributed by atoms with Crippen molar-refractivity contribution in [2.75, 3.05) is 17.6 Å². The minimum atomic E-state index is 0.0524. The van der Waals surface area contributed by atoms with Crippen LogP contribution in [0.2, 0.25) is 0 Å². The molecule has 144 valence electrons. The summed E-state index contributed by atoms with van der Waals surface area (Å²) in [7, 11) is 0. The standard InChI is InChI=1S/C21H22N4OS2/c26-19(23-18-12-16-8-4-5-9-17(16)13-18)14-27-21-25-24-20(28-21)22-11-10-15-6-2-1-3-7-15/h1-9,18H,10-14H2,(H,22,24)(H,23,26). The molecule has 0 atom stereocenters. The number of amides is 1. The molecule has 7 heteroatoms. The monoisotopic (exact) mass is 410 g/mol. The van der Waals surface area contributed by atoms with Crippen molar-refractivity contribution in [2.45, 2.75) is 29.6 Å². The number of rotatable bonds is 8. The first-order chi connectivity index (χ1) is 13.8. The molecule has 1 aliphatic carbocycles. The minimum Gasteiger partial charge on any atom is -0.360 e. The molecule has 4 rings (SSSR count). The summed E-state index contributed by atoms with van der Waals surface area (Å²) >= 11 is 2.93. The van der Waals surface area contributed by atoms with Crippen LogP contribution in [0.25, 0.3) is 0 Å². The van der Waals surface area contributed by atoms with Crippen molar-refractivity contribution in [3.63, 3.8) is 0 Å². The molecule has 0 saturated carbocycles. The molecule has 0 fully saturated rings. The maximum absolute atomic E-state index is 12.3. The average molecular weight is 411 g/mol. The molecule has 2 aromatic carbocycles. The topological polar surface area (TPSA) is 66.9 Å². The zero-order valence-corrected chi connectivity index (χ0v) is 17.1. The Labute approximate surface area is 173 Å². The predicted octanol–water partition coefficient (Wildman–Crippen LogP) is 3.57. The van der Waals surface area contributed by atoms with Gasteiger partial charge in [0.1, 0.15) is 0 Å². The van der Waals surface area contributed by atoms with Gasteiger partial charge in [0, 0.05) is 12.6 Å². The third-order valence-corrected chi connectivity index (χ3v) is 6.70. The molecule has 0 unspecified atom stereocenters. The van der Waals surface area contributed by atoms with Gasteiger partial charge in [0.05, 0.1) is 5.75 Å². The Hall–Kier alpha value is -2.38. The molecule has 1 amide bonds. The van der Waals surface area contributed by atoms with Gasteiger partial charge in [-0.3, -0.25) is 4.79 Å². The van der Waals surface area contributed by atoms with Gasteiger partial charge >= 0.3 is 0 Å². The van der Waals surface area contributed by atoms with Gasteiger partial charge in [-0.25, -0.2) is 0 Å². The Balaban J connectivity index is 1.18. The summed E-state index contributed by atoms with van der Waals surface area (Å²) in [4.78, 5) is 12.3. The van der Waals surface area contributed by atoms with Crippen molar-refractivity contribution < 1.29 is 4.79 Å². The first-order valence-corrected chi connectivity index (χ1v) is 11.2. The molecule has 2 N–H and O–H groups in total. The highest BCUT2D eigenvalue weighted by molar-refractivity contribution is 8.01. The molecular weight excluding hydrogens is 388 g/mol. The number of anilines is 1. The highest BCUT2D eigenvalue weighted by Crippen LogP contribution is 2.26. The molecule has 0 bridgehead atoms. The van der Waals surface area contributed by atoms with Crippen molar-refractivity contribution in [1.82, 2.24) is 15.5 Å². The predicted molar refractivity (Wildman–Crippen MR) is 115 cm³/mol. The quantitative estimate of drug-likeness (QED) is 0.556. The van der Waals surface area contributed by atoms with Crippen molar-refractivity contribution in [3.05, 3.63) is 71.3 Å². The zero-order chi connectivity index (χ0) is 19.2. The number of thioether (sulfide) groups is 1. The van der Waals surface area contributed by atoms with E-state index in [9.17, 15) is 4.79 Å². The van der Waals surface area contributed by atoms with E-state index >= 15 is 0 Å². The Morgan fingerprint density at radius 3 is 2.50 bits per heavy atom. The Morgan fingerprint density at radius 2 is 1.75 bits per heavy atom. The summed E-state index contributed by atoms with van der Waals surface area (Å²) in [6.07, 6.45) is 2.77. The molecule has 3 aromatic rings.